The molecule has 6 nitrogen and oxygen atoms in total. The fourth-order valence-electron chi connectivity index (χ4n) is 2.90. The van der Waals surface area contributed by atoms with Crippen LogP contribution in [0.15, 0.2) is 41.2 Å². The summed E-state index contributed by atoms with van der Waals surface area (Å²) in [7, 11) is 0. The fourth-order valence-corrected chi connectivity index (χ4v) is 2.90. The fraction of sp³-hybridized carbons (Fsp3) is 0.316. The van der Waals surface area contributed by atoms with Crippen molar-refractivity contribution in [2.45, 2.75) is 27.3 Å². The number of para-hydroxylation sites is 1. The molecule has 0 bridgehead atoms. The number of aromatic amines is 1. The number of carbonyl (C=O) groups is 1. The molecule has 0 radical (unpaired) electrons. The predicted molar refractivity (Wildman–Crippen MR) is 97.8 cm³/mol. The Balaban J connectivity index is 1.67. The third-order valence-electron chi connectivity index (χ3n) is 4.20. The van der Waals surface area contributed by atoms with Crippen LogP contribution in [0.5, 0.6) is 0 Å². The lowest BCUT2D eigenvalue weighted by Crippen LogP contribution is -2.33. The van der Waals surface area contributed by atoms with Crippen molar-refractivity contribution in [1.29, 1.82) is 0 Å². The lowest BCUT2D eigenvalue weighted by atomic mass is 10.1. The number of amides is 1. The summed E-state index contributed by atoms with van der Waals surface area (Å²) in [5.41, 5.74) is 2.57. The number of hydrogen-bond donors (Lipinski definition) is 2. The van der Waals surface area contributed by atoms with E-state index in [0.717, 1.165) is 22.3 Å². The second-order valence-corrected chi connectivity index (χ2v) is 6.52. The van der Waals surface area contributed by atoms with Crippen LogP contribution in [0.25, 0.3) is 10.9 Å². The van der Waals surface area contributed by atoms with Gasteiger partial charge in [0.05, 0.1) is 5.69 Å². The molecule has 0 spiro atoms. The second-order valence-electron chi connectivity index (χ2n) is 6.52. The lowest BCUT2D eigenvalue weighted by Gasteiger charge is -2.14. The maximum absolute atomic E-state index is 12.4. The third kappa shape index (κ3) is 3.79. The van der Waals surface area contributed by atoms with E-state index >= 15 is 0 Å². The smallest absolute Gasteiger partial charge is 0.261 e. The second kappa shape index (κ2) is 6.93. The monoisotopic (exact) mass is 338 g/mol. The molecule has 1 amide bonds. The van der Waals surface area contributed by atoms with Crippen LogP contribution in [0.3, 0.4) is 0 Å². The van der Waals surface area contributed by atoms with E-state index in [1.165, 1.54) is 0 Å². The zero-order chi connectivity index (χ0) is 18.0. The first-order valence-electron chi connectivity index (χ1n) is 8.35. The number of hydrogen-bond acceptors (Lipinski definition) is 3. The summed E-state index contributed by atoms with van der Waals surface area (Å²) in [6.07, 6.45) is 0. The number of benzene rings is 1. The largest absolute Gasteiger partial charge is 0.352 e. The summed E-state index contributed by atoms with van der Waals surface area (Å²) in [4.78, 5) is 27.3. The number of H-pyrrole nitrogens is 1. The topological polar surface area (TPSA) is 79.8 Å². The van der Waals surface area contributed by atoms with Crippen molar-refractivity contribution >= 4 is 16.8 Å². The van der Waals surface area contributed by atoms with Gasteiger partial charge in [0.15, 0.2) is 0 Å². The van der Waals surface area contributed by atoms with Crippen molar-refractivity contribution in [2.24, 2.45) is 5.92 Å². The van der Waals surface area contributed by atoms with Crippen LogP contribution >= 0.6 is 0 Å². The van der Waals surface area contributed by atoms with Gasteiger partial charge in [-0.25, -0.2) is 0 Å². The summed E-state index contributed by atoms with van der Waals surface area (Å²) in [6, 6.07) is 11.1. The van der Waals surface area contributed by atoms with Gasteiger partial charge >= 0.3 is 0 Å². The molecular formula is C19H22N4O2. The Hall–Kier alpha value is -2.89. The maximum Gasteiger partial charge on any atom is 0.261 e. The van der Waals surface area contributed by atoms with Crippen LogP contribution in [-0.4, -0.2) is 27.2 Å². The molecule has 0 saturated carbocycles. The number of aryl methyl sites for hydroxylation is 2. The van der Waals surface area contributed by atoms with Gasteiger partial charge in [-0.15, -0.1) is 0 Å². The number of pyridine rings is 1. The number of nitrogens with zero attached hydrogens (tertiary/aromatic N) is 2. The predicted octanol–water partition coefficient (Wildman–Crippen LogP) is 2.41. The first-order chi connectivity index (χ1) is 11.9. The highest BCUT2D eigenvalue weighted by Gasteiger charge is 2.14. The molecule has 6 heteroatoms. The molecule has 0 aliphatic heterocycles. The molecular weight excluding hydrogens is 316 g/mol. The van der Waals surface area contributed by atoms with E-state index in [-0.39, 0.29) is 22.9 Å². The average Bonchev–Trinajstić information content (AvgIpc) is 2.89. The zero-order valence-electron chi connectivity index (χ0n) is 14.7. The molecule has 0 fully saturated rings. The van der Waals surface area contributed by atoms with Crippen molar-refractivity contribution in [3.63, 3.8) is 0 Å². The average molecular weight is 338 g/mol. The highest BCUT2D eigenvalue weighted by Crippen LogP contribution is 2.10. The van der Waals surface area contributed by atoms with Gasteiger partial charge < -0.3 is 10.3 Å². The summed E-state index contributed by atoms with van der Waals surface area (Å²) in [6.45, 7) is 7.21. The van der Waals surface area contributed by atoms with Gasteiger partial charge in [0.1, 0.15) is 5.56 Å². The number of carbonyl (C=O) groups excluding carboxylic acids is 1. The Kier molecular flexibility index (Phi) is 4.70. The standard InChI is InChI=1S/C19H22N4O2/c1-12(11-23-14(3)8-13(2)22-23)10-20-18(24)16-9-15-6-4-5-7-17(15)21-19(16)25/h4-9,12H,10-11H2,1-3H3,(H,20,24)(H,21,25). The van der Waals surface area contributed by atoms with Gasteiger partial charge in [0.2, 0.25) is 0 Å². The first kappa shape index (κ1) is 17.0. The number of nitrogens with one attached hydrogen (secondary N) is 2. The molecule has 1 aromatic carbocycles. The van der Waals surface area contributed by atoms with Crippen LogP contribution in [0.1, 0.15) is 28.7 Å². The summed E-state index contributed by atoms with van der Waals surface area (Å²) >= 11 is 0. The molecule has 0 aliphatic rings. The van der Waals surface area contributed by atoms with Gasteiger partial charge in [-0.05, 0) is 43.4 Å². The molecule has 2 heterocycles. The lowest BCUT2D eigenvalue weighted by molar-refractivity contribution is 0.0945. The summed E-state index contributed by atoms with van der Waals surface area (Å²) < 4.78 is 1.94. The molecule has 0 saturated heterocycles. The molecule has 0 aliphatic carbocycles. The first-order valence-corrected chi connectivity index (χ1v) is 8.35. The van der Waals surface area contributed by atoms with Gasteiger partial charge in [0.25, 0.3) is 11.5 Å². The number of fused-ring (bicyclic) bond motifs is 1. The van der Waals surface area contributed by atoms with Crippen molar-refractivity contribution in [3.05, 3.63) is 63.7 Å². The molecule has 25 heavy (non-hydrogen) atoms. The van der Waals surface area contributed by atoms with E-state index in [9.17, 15) is 9.59 Å². The minimum Gasteiger partial charge on any atom is -0.352 e. The van der Waals surface area contributed by atoms with E-state index in [1.807, 2.05) is 55.8 Å². The molecule has 2 N–H and O–H groups in total. The molecule has 130 valence electrons. The van der Waals surface area contributed by atoms with Crippen LogP contribution in [0, 0.1) is 19.8 Å². The minimum absolute atomic E-state index is 0.136. The van der Waals surface area contributed by atoms with E-state index < -0.39 is 0 Å². The van der Waals surface area contributed by atoms with Crippen molar-refractivity contribution < 1.29 is 4.79 Å². The Morgan fingerprint density at radius 3 is 2.76 bits per heavy atom. The zero-order valence-corrected chi connectivity index (χ0v) is 14.7. The number of aromatic nitrogens is 3. The SMILES string of the molecule is Cc1cc(C)n(CC(C)CNC(=O)c2cc3ccccc3[nH]c2=O)n1. The van der Waals surface area contributed by atoms with Crippen LogP contribution in [-0.2, 0) is 6.54 Å². The van der Waals surface area contributed by atoms with E-state index in [1.54, 1.807) is 6.07 Å². The van der Waals surface area contributed by atoms with Crippen molar-refractivity contribution in [3.8, 4) is 0 Å². The molecule has 3 rings (SSSR count). The van der Waals surface area contributed by atoms with E-state index in [4.69, 9.17) is 0 Å². The Bertz CT molecular complexity index is 971. The van der Waals surface area contributed by atoms with Gasteiger partial charge in [0, 0.05) is 24.3 Å². The highest BCUT2D eigenvalue weighted by atomic mass is 16.2. The number of rotatable bonds is 5. The van der Waals surface area contributed by atoms with Crippen LogP contribution < -0.4 is 10.9 Å². The molecule has 1 unspecified atom stereocenters. The Morgan fingerprint density at radius 1 is 1.28 bits per heavy atom. The van der Waals surface area contributed by atoms with Crippen molar-refractivity contribution in [1.82, 2.24) is 20.1 Å². The highest BCUT2D eigenvalue weighted by molar-refractivity contribution is 5.97. The third-order valence-corrected chi connectivity index (χ3v) is 4.20. The Labute approximate surface area is 145 Å². The molecule has 2 aromatic heterocycles. The quantitative estimate of drug-likeness (QED) is 0.750. The Morgan fingerprint density at radius 2 is 2.04 bits per heavy atom. The van der Waals surface area contributed by atoms with Gasteiger partial charge in [-0.2, -0.15) is 5.10 Å². The minimum atomic E-state index is -0.373. The van der Waals surface area contributed by atoms with Gasteiger partial charge in [-0.1, -0.05) is 25.1 Å². The van der Waals surface area contributed by atoms with E-state index in [2.05, 4.69) is 15.4 Å². The van der Waals surface area contributed by atoms with E-state index in [0.29, 0.717) is 13.1 Å². The van der Waals surface area contributed by atoms with Crippen LogP contribution in [0.4, 0.5) is 0 Å². The normalized spacial score (nSPS) is 12.3. The van der Waals surface area contributed by atoms with Crippen molar-refractivity contribution in [2.75, 3.05) is 6.54 Å². The summed E-state index contributed by atoms with van der Waals surface area (Å²) in [5, 5.41) is 8.12. The molecule has 1 atom stereocenters. The maximum atomic E-state index is 12.4. The van der Waals surface area contributed by atoms with Gasteiger partial charge in [-0.3, -0.25) is 14.3 Å². The van der Waals surface area contributed by atoms with Crippen LogP contribution in [0.2, 0.25) is 0 Å². The summed E-state index contributed by atoms with van der Waals surface area (Å²) in [5.74, 6) is -0.159. The molecule has 3 aromatic rings.